The van der Waals surface area contributed by atoms with Gasteiger partial charge in [0, 0.05) is 18.9 Å². The van der Waals surface area contributed by atoms with Crippen LogP contribution < -0.4 is 0 Å². The summed E-state index contributed by atoms with van der Waals surface area (Å²) in [6, 6.07) is 7.85. The second kappa shape index (κ2) is 8.59. The van der Waals surface area contributed by atoms with Gasteiger partial charge in [0.1, 0.15) is 5.82 Å². The molecule has 0 aliphatic heterocycles. The molecule has 1 N–H and O–H groups in total. The number of hydrogen-bond donors (Lipinski definition) is 1. The molecule has 0 aliphatic rings. The Morgan fingerprint density at radius 2 is 2.05 bits per heavy atom. The minimum atomic E-state index is -0.767. The number of benzene rings is 1. The van der Waals surface area contributed by atoms with E-state index < -0.39 is 11.9 Å². The van der Waals surface area contributed by atoms with Crippen molar-refractivity contribution in [3.05, 3.63) is 53.6 Å². The molecule has 22 heavy (non-hydrogen) atoms. The number of hydrogen-bond acceptors (Lipinski definition) is 2. The molecule has 2 rings (SSSR count). The van der Waals surface area contributed by atoms with Gasteiger partial charge < -0.3 is 9.67 Å². The first-order valence-electron chi connectivity index (χ1n) is 7.38. The maximum atomic E-state index is 11.2. The molecule has 0 saturated heterocycles. The monoisotopic (exact) mass is 322 g/mol. The smallest absolute Gasteiger partial charge is 0.310 e. The number of aliphatic carboxylic acids is 1. The van der Waals surface area contributed by atoms with Crippen molar-refractivity contribution in [2.24, 2.45) is 0 Å². The molecule has 0 bridgehead atoms. The van der Waals surface area contributed by atoms with Crippen molar-refractivity contribution < 1.29 is 9.90 Å². The van der Waals surface area contributed by atoms with Crippen LogP contribution >= 0.6 is 12.4 Å². The number of carboxylic acid groups (broad SMARTS) is 1. The van der Waals surface area contributed by atoms with Crippen molar-refractivity contribution in [3.8, 4) is 0 Å². The Morgan fingerprint density at radius 1 is 1.32 bits per heavy atom. The molecule has 4 nitrogen and oxygen atoms in total. The Bertz CT molecular complexity index is 610. The van der Waals surface area contributed by atoms with E-state index in [4.69, 9.17) is 0 Å². The summed E-state index contributed by atoms with van der Waals surface area (Å²) in [5, 5.41) is 9.18. The number of aryl methyl sites for hydroxylation is 3. The first-order chi connectivity index (χ1) is 10.1. The molecule has 2 aromatic rings. The highest BCUT2D eigenvalue weighted by Gasteiger charge is 2.16. The Hall–Kier alpha value is -1.81. The van der Waals surface area contributed by atoms with Crippen LogP contribution in [-0.2, 0) is 17.8 Å². The number of nitrogens with zero attached hydrogens (tertiary/aromatic N) is 2. The highest BCUT2D eigenvalue weighted by atomic mass is 35.5. The lowest BCUT2D eigenvalue weighted by molar-refractivity contribution is -0.138. The molecule has 120 valence electrons. The summed E-state index contributed by atoms with van der Waals surface area (Å²) in [7, 11) is 0. The summed E-state index contributed by atoms with van der Waals surface area (Å²) in [5.74, 6) is -0.177. The average molecular weight is 323 g/mol. The predicted molar refractivity (Wildman–Crippen MR) is 89.6 cm³/mol. The summed E-state index contributed by atoms with van der Waals surface area (Å²) in [5.41, 5.74) is 2.08. The van der Waals surface area contributed by atoms with E-state index in [-0.39, 0.29) is 12.4 Å². The number of imidazole rings is 1. The molecule has 0 aliphatic carbocycles. The van der Waals surface area contributed by atoms with Crippen LogP contribution in [0.2, 0.25) is 0 Å². The van der Waals surface area contributed by atoms with Crippen molar-refractivity contribution in [1.82, 2.24) is 9.55 Å². The summed E-state index contributed by atoms with van der Waals surface area (Å²) < 4.78 is 2.14. The SMILES string of the molecule is Cc1nccn1CCCCc1ccccc1C(C)C(=O)O.Cl. The highest BCUT2D eigenvalue weighted by Crippen LogP contribution is 2.21. The molecule has 1 aromatic carbocycles. The van der Waals surface area contributed by atoms with Gasteiger partial charge in [-0.2, -0.15) is 0 Å². The molecule has 0 radical (unpaired) electrons. The largest absolute Gasteiger partial charge is 0.481 e. The lowest BCUT2D eigenvalue weighted by atomic mass is 9.93. The van der Waals surface area contributed by atoms with Crippen LogP contribution in [0.25, 0.3) is 0 Å². The summed E-state index contributed by atoms with van der Waals surface area (Å²) in [6.45, 7) is 4.71. The zero-order valence-corrected chi connectivity index (χ0v) is 13.8. The molecule has 1 atom stereocenters. The first kappa shape index (κ1) is 18.2. The molecule has 0 saturated carbocycles. The maximum absolute atomic E-state index is 11.2. The third-order valence-electron chi connectivity index (χ3n) is 3.91. The van der Waals surface area contributed by atoms with E-state index in [9.17, 15) is 9.90 Å². The molecule has 0 spiro atoms. The standard InChI is InChI=1S/C17H22N2O2.ClH/c1-13(17(20)21)16-9-4-3-7-15(16)8-5-6-11-19-12-10-18-14(19)2;/h3-4,7,9-10,12-13H,5-6,8,11H2,1-2H3,(H,20,21);1H. The van der Waals surface area contributed by atoms with Crippen LogP contribution in [0.5, 0.6) is 0 Å². The average Bonchev–Trinajstić information content (AvgIpc) is 2.88. The van der Waals surface area contributed by atoms with Gasteiger partial charge in [0.15, 0.2) is 0 Å². The van der Waals surface area contributed by atoms with Crippen molar-refractivity contribution in [2.75, 3.05) is 0 Å². The van der Waals surface area contributed by atoms with E-state index in [2.05, 4.69) is 9.55 Å². The maximum Gasteiger partial charge on any atom is 0.310 e. The van der Waals surface area contributed by atoms with Crippen molar-refractivity contribution in [2.45, 2.75) is 45.6 Å². The van der Waals surface area contributed by atoms with Gasteiger partial charge in [-0.05, 0) is 44.2 Å². The summed E-state index contributed by atoms with van der Waals surface area (Å²) in [4.78, 5) is 15.4. The minimum Gasteiger partial charge on any atom is -0.481 e. The normalized spacial score (nSPS) is 11.7. The topological polar surface area (TPSA) is 55.1 Å². The van der Waals surface area contributed by atoms with E-state index in [1.54, 1.807) is 6.92 Å². The van der Waals surface area contributed by atoms with Crippen LogP contribution in [0.1, 0.15) is 42.6 Å². The van der Waals surface area contributed by atoms with Crippen LogP contribution in [-0.4, -0.2) is 20.6 Å². The lowest BCUT2D eigenvalue weighted by Crippen LogP contribution is -2.10. The minimum absolute atomic E-state index is 0. The van der Waals surface area contributed by atoms with Crippen molar-refractivity contribution in [3.63, 3.8) is 0 Å². The second-order valence-corrected chi connectivity index (χ2v) is 5.38. The second-order valence-electron chi connectivity index (χ2n) is 5.38. The summed E-state index contributed by atoms with van der Waals surface area (Å²) in [6.07, 6.45) is 6.84. The predicted octanol–water partition coefficient (Wildman–Crippen LogP) is 3.82. The van der Waals surface area contributed by atoms with Crippen LogP contribution in [0.3, 0.4) is 0 Å². The third kappa shape index (κ3) is 4.60. The van der Waals surface area contributed by atoms with Crippen LogP contribution in [0.4, 0.5) is 0 Å². The number of unbranched alkanes of at least 4 members (excludes halogenated alkanes) is 1. The highest BCUT2D eigenvalue weighted by molar-refractivity contribution is 5.85. The van der Waals surface area contributed by atoms with E-state index in [0.29, 0.717) is 0 Å². The van der Waals surface area contributed by atoms with E-state index in [1.807, 2.05) is 43.6 Å². The van der Waals surface area contributed by atoms with Gasteiger partial charge in [-0.1, -0.05) is 24.3 Å². The number of carbonyl (C=O) groups is 1. The summed E-state index contributed by atoms with van der Waals surface area (Å²) >= 11 is 0. The fourth-order valence-corrected chi connectivity index (χ4v) is 2.55. The number of carboxylic acids is 1. The fourth-order valence-electron chi connectivity index (χ4n) is 2.55. The fraction of sp³-hybridized carbons (Fsp3) is 0.412. The van der Waals surface area contributed by atoms with Crippen LogP contribution in [0.15, 0.2) is 36.7 Å². The number of rotatable bonds is 7. The van der Waals surface area contributed by atoms with E-state index in [0.717, 1.165) is 42.8 Å². The van der Waals surface area contributed by atoms with Gasteiger partial charge in [0.25, 0.3) is 0 Å². The Labute approximate surface area is 137 Å². The van der Waals surface area contributed by atoms with Gasteiger partial charge in [-0.15, -0.1) is 12.4 Å². The van der Waals surface area contributed by atoms with Crippen molar-refractivity contribution >= 4 is 18.4 Å². The number of halogens is 1. The zero-order valence-electron chi connectivity index (χ0n) is 13.0. The Morgan fingerprint density at radius 3 is 2.68 bits per heavy atom. The molecule has 1 aromatic heterocycles. The van der Waals surface area contributed by atoms with Crippen LogP contribution in [0, 0.1) is 6.92 Å². The molecule has 0 fully saturated rings. The van der Waals surface area contributed by atoms with E-state index >= 15 is 0 Å². The molecular weight excluding hydrogens is 300 g/mol. The molecular formula is C17H23ClN2O2. The number of aromatic nitrogens is 2. The molecule has 1 heterocycles. The van der Waals surface area contributed by atoms with Gasteiger partial charge >= 0.3 is 5.97 Å². The van der Waals surface area contributed by atoms with Gasteiger partial charge in [0.05, 0.1) is 5.92 Å². The molecule has 1 unspecified atom stereocenters. The van der Waals surface area contributed by atoms with Gasteiger partial charge in [-0.25, -0.2) is 4.98 Å². The first-order valence-corrected chi connectivity index (χ1v) is 7.38. The van der Waals surface area contributed by atoms with Gasteiger partial charge in [0.2, 0.25) is 0 Å². The van der Waals surface area contributed by atoms with Gasteiger partial charge in [-0.3, -0.25) is 4.79 Å². The van der Waals surface area contributed by atoms with E-state index in [1.165, 1.54) is 0 Å². The third-order valence-corrected chi connectivity index (χ3v) is 3.91. The Balaban J connectivity index is 0.00000242. The zero-order chi connectivity index (χ0) is 15.2. The van der Waals surface area contributed by atoms with Crippen molar-refractivity contribution in [1.29, 1.82) is 0 Å². The Kier molecular flexibility index (Phi) is 7.12. The quantitative estimate of drug-likeness (QED) is 0.788. The molecule has 0 amide bonds. The lowest BCUT2D eigenvalue weighted by Gasteiger charge is -2.13. The molecule has 5 heteroatoms.